The Kier molecular flexibility index (Phi) is 4.40. The van der Waals surface area contributed by atoms with Gasteiger partial charge in [0, 0.05) is 25.0 Å². The van der Waals surface area contributed by atoms with Gasteiger partial charge < -0.3 is 10.6 Å². The summed E-state index contributed by atoms with van der Waals surface area (Å²) in [6, 6.07) is 3.94. The molecule has 1 saturated heterocycles. The van der Waals surface area contributed by atoms with Gasteiger partial charge in [-0.2, -0.15) is 0 Å². The van der Waals surface area contributed by atoms with Crippen LogP contribution >= 0.6 is 0 Å². The SMILES string of the molecule is CC(C)C1CCCN(c2ccnc(C(=N)N)c2)CC1. The molecule has 2 heterocycles. The number of nitrogens with zero attached hydrogens (tertiary/aromatic N) is 2. The minimum absolute atomic E-state index is 0.0386. The number of pyridine rings is 1. The van der Waals surface area contributed by atoms with Crippen LogP contribution in [0.4, 0.5) is 5.69 Å². The molecule has 1 aliphatic heterocycles. The summed E-state index contributed by atoms with van der Waals surface area (Å²) in [6.45, 7) is 6.82. The zero-order valence-corrected chi connectivity index (χ0v) is 11.9. The number of aromatic nitrogens is 1. The first-order valence-corrected chi connectivity index (χ1v) is 7.13. The highest BCUT2D eigenvalue weighted by Crippen LogP contribution is 2.27. The molecule has 0 spiro atoms. The number of rotatable bonds is 3. The molecule has 1 atom stereocenters. The van der Waals surface area contributed by atoms with Gasteiger partial charge in [0.05, 0.1) is 0 Å². The molecule has 0 aliphatic carbocycles. The average Bonchev–Trinajstić information content (AvgIpc) is 2.64. The summed E-state index contributed by atoms with van der Waals surface area (Å²) in [6.07, 6.45) is 5.55. The second kappa shape index (κ2) is 6.04. The summed E-state index contributed by atoms with van der Waals surface area (Å²) >= 11 is 0. The fourth-order valence-corrected chi connectivity index (χ4v) is 2.81. The van der Waals surface area contributed by atoms with Crippen molar-refractivity contribution >= 4 is 11.5 Å². The molecule has 1 aromatic rings. The van der Waals surface area contributed by atoms with Gasteiger partial charge in [-0.05, 0) is 43.2 Å². The van der Waals surface area contributed by atoms with Crippen molar-refractivity contribution in [1.29, 1.82) is 5.41 Å². The maximum Gasteiger partial charge on any atom is 0.141 e. The molecule has 0 saturated carbocycles. The molecule has 1 aliphatic rings. The molecule has 3 N–H and O–H groups in total. The third kappa shape index (κ3) is 3.46. The normalized spacial score (nSPS) is 20.4. The number of amidine groups is 1. The molecule has 1 aromatic heterocycles. The Balaban J connectivity index is 2.09. The molecule has 1 unspecified atom stereocenters. The Bertz CT molecular complexity index is 442. The molecule has 0 radical (unpaired) electrons. The summed E-state index contributed by atoms with van der Waals surface area (Å²) < 4.78 is 0. The highest BCUT2D eigenvalue weighted by Gasteiger charge is 2.19. The van der Waals surface area contributed by atoms with E-state index in [4.69, 9.17) is 11.1 Å². The van der Waals surface area contributed by atoms with Crippen molar-refractivity contribution in [2.45, 2.75) is 33.1 Å². The Morgan fingerprint density at radius 2 is 2.21 bits per heavy atom. The van der Waals surface area contributed by atoms with Gasteiger partial charge in [-0.25, -0.2) is 0 Å². The second-order valence-corrected chi connectivity index (χ2v) is 5.74. The van der Waals surface area contributed by atoms with Crippen LogP contribution in [0.2, 0.25) is 0 Å². The zero-order valence-electron chi connectivity index (χ0n) is 11.9. The highest BCUT2D eigenvalue weighted by molar-refractivity contribution is 5.93. The maximum atomic E-state index is 7.47. The largest absolute Gasteiger partial charge is 0.382 e. The fraction of sp³-hybridized carbons (Fsp3) is 0.600. The van der Waals surface area contributed by atoms with Crippen LogP contribution in [0.3, 0.4) is 0 Å². The Morgan fingerprint density at radius 3 is 2.89 bits per heavy atom. The molecule has 0 bridgehead atoms. The third-order valence-corrected chi connectivity index (χ3v) is 4.10. The quantitative estimate of drug-likeness (QED) is 0.648. The molecule has 104 valence electrons. The molecule has 4 nitrogen and oxygen atoms in total. The molecule has 0 amide bonds. The smallest absolute Gasteiger partial charge is 0.141 e. The lowest BCUT2D eigenvalue weighted by atomic mass is 9.89. The fourth-order valence-electron chi connectivity index (χ4n) is 2.81. The first-order chi connectivity index (χ1) is 9.08. The summed E-state index contributed by atoms with van der Waals surface area (Å²) in [4.78, 5) is 6.52. The molecular weight excluding hydrogens is 236 g/mol. The van der Waals surface area contributed by atoms with Crippen molar-refractivity contribution < 1.29 is 0 Å². The first-order valence-electron chi connectivity index (χ1n) is 7.13. The highest BCUT2D eigenvalue weighted by atomic mass is 15.1. The van der Waals surface area contributed by atoms with E-state index in [0.717, 1.165) is 30.6 Å². The predicted octanol–water partition coefficient (Wildman–Crippen LogP) is 2.63. The Hall–Kier alpha value is -1.58. The average molecular weight is 260 g/mol. The summed E-state index contributed by atoms with van der Waals surface area (Å²) in [5, 5.41) is 7.47. The van der Waals surface area contributed by atoms with Gasteiger partial charge in [0.2, 0.25) is 0 Å². The van der Waals surface area contributed by atoms with Crippen LogP contribution in [0.1, 0.15) is 38.8 Å². The van der Waals surface area contributed by atoms with E-state index in [0.29, 0.717) is 5.69 Å². The van der Waals surface area contributed by atoms with Crippen molar-refractivity contribution in [1.82, 2.24) is 4.98 Å². The topological polar surface area (TPSA) is 66.0 Å². The molecule has 4 heteroatoms. The molecule has 0 aromatic carbocycles. The third-order valence-electron chi connectivity index (χ3n) is 4.10. The standard InChI is InChI=1S/C15H24N4/c1-11(2)12-4-3-8-19(9-6-12)13-5-7-18-14(10-13)15(16)17/h5,7,10-12H,3-4,6,8-9H2,1-2H3,(H3,16,17). The number of nitrogens with one attached hydrogen (secondary N) is 1. The Labute approximate surface area is 115 Å². The van der Waals surface area contributed by atoms with Crippen molar-refractivity contribution in [3.63, 3.8) is 0 Å². The summed E-state index contributed by atoms with van der Waals surface area (Å²) in [7, 11) is 0. The summed E-state index contributed by atoms with van der Waals surface area (Å²) in [5.74, 6) is 1.64. The van der Waals surface area contributed by atoms with E-state index in [1.54, 1.807) is 6.20 Å². The lowest BCUT2D eigenvalue weighted by Crippen LogP contribution is -2.25. The number of hydrogen-bond donors (Lipinski definition) is 2. The van der Waals surface area contributed by atoms with Crippen molar-refractivity contribution in [2.24, 2.45) is 17.6 Å². The minimum Gasteiger partial charge on any atom is -0.382 e. The van der Waals surface area contributed by atoms with E-state index in [-0.39, 0.29) is 5.84 Å². The minimum atomic E-state index is 0.0386. The Morgan fingerprint density at radius 1 is 1.42 bits per heavy atom. The van der Waals surface area contributed by atoms with Gasteiger partial charge >= 0.3 is 0 Å². The zero-order chi connectivity index (χ0) is 13.8. The van der Waals surface area contributed by atoms with Crippen LogP contribution in [-0.4, -0.2) is 23.9 Å². The lowest BCUT2D eigenvalue weighted by molar-refractivity contribution is 0.351. The molecular formula is C15H24N4. The number of anilines is 1. The van der Waals surface area contributed by atoms with E-state index >= 15 is 0 Å². The van der Waals surface area contributed by atoms with E-state index < -0.39 is 0 Å². The van der Waals surface area contributed by atoms with E-state index in [1.807, 2.05) is 12.1 Å². The van der Waals surface area contributed by atoms with E-state index in [2.05, 4.69) is 23.7 Å². The van der Waals surface area contributed by atoms with E-state index in [1.165, 1.54) is 19.3 Å². The van der Waals surface area contributed by atoms with Gasteiger partial charge in [-0.1, -0.05) is 13.8 Å². The van der Waals surface area contributed by atoms with Gasteiger partial charge in [0.15, 0.2) is 0 Å². The van der Waals surface area contributed by atoms with Crippen molar-refractivity contribution in [3.8, 4) is 0 Å². The van der Waals surface area contributed by atoms with Crippen LogP contribution in [0.15, 0.2) is 18.3 Å². The van der Waals surface area contributed by atoms with Crippen LogP contribution in [-0.2, 0) is 0 Å². The van der Waals surface area contributed by atoms with Gasteiger partial charge in [0.1, 0.15) is 11.5 Å². The van der Waals surface area contributed by atoms with Crippen LogP contribution in [0.5, 0.6) is 0 Å². The van der Waals surface area contributed by atoms with Crippen molar-refractivity contribution in [3.05, 3.63) is 24.0 Å². The molecule has 19 heavy (non-hydrogen) atoms. The summed E-state index contributed by atoms with van der Waals surface area (Å²) in [5.41, 5.74) is 7.22. The van der Waals surface area contributed by atoms with Crippen molar-refractivity contribution in [2.75, 3.05) is 18.0 Å². The number of nitrogens with two attached hydrogens (primary N) is 1. The monoisotopic (exact) mass is 260 g/mol. The van der Waals surface area contributed by atoms with Gasteiger partial charge in [0.25, 0.3) is 0 Å². The number of nitrogen functional groups attached to an aromatic ring is 1. The number of hydrogen-bond acceptors (Lipinski definition) is 3. The second-order valence-electron chi connectivity index (χ2n) is 5.74. The first kappa shape index (κ1) is 13.8. The van der Waals surface area contributed by atoms with Crippen LogP contribution in [0.25, 0.3) is 0 Å². The molecule has 1 fully saturated rings. The van der Waals surface area contributed by atoms with E-state index in [9.17, 15) is 0 Å². The lowest BCUT2D eigenvalue weighted by Gasteiger charge is -2.23. The predicted molar refractivity (Wildman–Crippen MR) is 79.6 cm³/mol. The molecule has 2 rings (SSSR count). The van der Waals surface area contributed by atoms with Gasteiger partial charge in [-0.15, -0.1) is 0 Å². The van der Waals surface area contributed by atoms with Crippen LogP contribution < -0.4 is 10.6 Å². The maximum absolute atomic E-state index is 7.47. The van der Waals surface area contributed by atoms with Gasteiger partial charge in [-0.3, -0.25) is 10.4 Å². The van der Waals surface area contributed by atoms with Crippen LogP contribution in [0, 0.1) is 17.2 Å².